The van der Waals surface area contributed by atoms with Crippen LogP contribution in [0.5, 0.6) is 5.75 Å². The Kier molecular flexibility index (Phi) is 9.04. The lowest BCUT2D eigenvalue weighted by molar-refractivity contribution is -0.126. The number of hydrogen-bond acceptors (Lipinski definition) is 5. The lowest BCUT2D eigenvalue weighted by Crippen LogP contribution is -2.44. The molecule has 0 bridgehead atoms. The van der Waals surface area contributed by atoms with E-state index in [1.165, 1.54) is 11.6 Å². The fourth-order valence-electron chi connectivity index (χ4n) is 3.69. The second kappa shape index (κ2) is 12.2. The van der Waals surface area contributed by atoms with Crippen molar-refractivity contribution in [2.45, 2.75) is 39.1 Å². The zero-order valence-electron chi connectivity index (χ0n) is 19.5. The van der Waals surface area contributed by atoms with E-state index in [2.05, 4.69) is 34.6 Å². The topological polar surface area (TPSA) is 79.9 Å². The number of ether oxygens (including phenoxy) is 2. The van der Waals surface area contributed by atoms with Gasteiger partial charge in [0.25, 0.3) is 0 Å². The van der Waals surface area contributed by atoms with Crippen LogP contribution in [0.15, 0.2) is 54.6 Å². The number of amides is 2. The zero-order valence-corrected chi connectivity index (χ0v) is 19.5. The van der Waals surface area contributed by atoms with Gasteiger partial charge in [0.15, 0.2) is 0 Å². The molecule has 0 spiro atoms. The maximum Gasteiger partial charge on any atom is 0.244 e. The molecule has 0 aliphatic carbocycles. The Morgan fingerprint density at radius 3 is 2.70 bits per heavy atom. The van der Waals surface area contributed by atoms with E-state index in [1.54, 1.807) is 20.1 Å². The van der Waals surface area contributed by atoms with Crippen LogP contribution in [0.1, 0.15) is 30.5 Å². The predicted octanol–water partition coefficient (Wildman–Crippen LogP) is 2.75. The third-order valence-electron chi connectivity index (χ3n) is 5.48. The average molecular weight is 452 g/mol. The van der Waals surface area contributed by atoms with E-state index in [9.17, 15) is 9.59 Å². The maximum atomic E-state index is 12.4. The normalized spacial score (nSPS) is 17.5. The van der Waals surface area contributed by atoms with Gasteiger partial charge in [0.2, 0.25) is 11.8 Å². The number of nitrogens with one attached hydrogen (secondary N) is 2. The maximum absolute atomic E-state index is 12.4. The fraction of sp³-hybridized carbons (Fsp3) is 0.385. The summed E-state index contributed by atoms with van der Waals surface area (Å²) in [6.45, 7) is 7.64. The molecule has 176 valence electrons. The first-order valence-electron chi connectivity index (χ1n) is 11.2. The molecule has 33 heavy (non-hydrogen) atoms. The Morgan fingerprint density at radius 2 is 1.97 bits per heavy atom. The molecule has 1 saturated heterocycles. The molecule has 2 aromatic rings. The molecule has 3 rings (SSSR count). The highest BCUT2D eigenvalue weighted by molar-refractivity contribution is 5.95. The molecule has 7 nitrogen and oxygen atoms in total. The first kappa shape index (κ1) is 24.5. The summed E-state index contributed by atoms with van der Waals surface area (Å²) in [6, 6.07) is 14.9. The molecule has 2 unspecified atom stereocenters. The zero-order chi connectivity index (χ0) is 23.6. The van der Waals surface area contributed by atoms with Gasteiger partial charge in [-0.1, -0.05) is 36.4 Å². The Hall–Kier alpha value is -3.16. The number of nitrogens with zero attached hydrogens (tertiary/aromatic N) is 1. The molecule has 1 fully saturated rings. The van der Waals surface area contributed by atoms with E-state index in [-0.39, 0.29) is 17.9 Å². The molecule has 2 atom stereocenters. The third-order valence-corrected chi connectivity index (χ3v) is 5.48. The van der Waals surface area contributed by atoms with Crippen molar-refractivity contribution >= 4 is 17.9 Å². The molecular weight excluding hydrogens is 418 g/mol. The van der Waals surface area contributed by atoms with Gasteiger partial charge in [0.1, 0.15) is 11.8 Å². The van der Waals surface area contributed by atoms with Crippen molar-refractivity contribution in [3.8, 4) is 5.75 Å². The highest BCUT2D eigenvalue weighted by atomic mass is 16.5. The van der Waals surface area contributed by atoms with Crippen LogP contribution < -0.4 is 15.4 Å². The van der Waals surface area contributed by atoms with Crippen LogP contribution in [-0.4, -0.2) is 55.7 Å². The van der Waals surface area contributed by atoms with E-state index in [4.69, 9.17) is 9.47 Å². The lowest BCUT2D eigenvalue weighted by Gasteiger charge is -2.31. The van der Waals surface area contributed by atoms with Gasteiger partial charge in [-0.05, 0) is 48.7 Å². The summed E-state index contributed by atoms with van der Waals surface area (Å²) in [7, 11) is 1.60. The first-order chi connectivity index (χ1) is 15.9. The van der Waals surface area contributed by atoms with Crippen molar-refractivity contribution in [2.75, 3.05) is 26.8 Å². The van der Waals surface area contributed by atoms with Crippen molar-refractivity contribution in [1.29, 1.82) is 0 Å². The third kappa shape index (κ3) is 8.04. The molecular formula is C26H33N3O4. The largest absolute Gasteiger partial charge is 0.497 e. The van der Waals surface area contributed by atoms with E-state index in [0.717, 1.165) is 43.1 Å². The van der Waals surface area contributed by atoms with Crippen molar-refractivity contribution in [2.24, 2.45) is 0 Å². The quantitative estimate of drug-likeness (QED) is 0.573. The minimum atomic E-state index is -0.643. The molecule has 1 heterocycles. The summed E-state index contributed by atoms with van der Waals surface area (Å²) in [4.78, 5) is 27.0. The van der Waals surface area contributed by atoms with Gasteiger partial charge < -0.3 is 20.1 Å². The summed E-state index contributed by atoms with van der Waals surface area (Å²) < 4.78 is 10.7. The van der Waals surface area contributed by atoms with Gasteiger partial charge in [0.05, 0.1) is 19.8 Å². The molecule has 0 radical (unpaired) electrons. The molecule has 2 amide bonds. The van der Waals surface area contributed by atoms with E-state index in [0.29, 0.717) is 6.54 Å². The molecule has 0 aromatic heterocycles. The van der Waals surface area contributed by atoms with Crippen molar-refractivity contribution in [3.05, 3.63) is 71.3 Å². The van der Waals surface area contributed by atoms with Gasteiger partial charge in [0, 0.05) is 32.3 Å². The Labute approximate surface area is 195 Å². The smallest absolute Gasteiger partial charge is 0.244 e. The second-order valence-corrected chi connectivity index (χ2v) is 8.29. The van der Waals surface area contributed by atoms with E-state index < -0.39 is 6.04 Å². The highest BCUT2D eigenvalue weighted by Crippen LogP contribution is 2.13. The van der Waals surface area contributed by atoms with Crippen LogP contribution >= 0.6 is 0 Å². The summed E-state index contributed by atoms with van der Waals surface area (Å²) in [5, 5.41) is 5.60. The van der Waals surface area contributed by atoms with Gasteiger partial charge in [-0.15, -0.1) is 0 Å². The molecule has 7 heteroatoms. The van der Waals surface area contributed by atoms with Crippen molar-refractivity contribution in [1.82, 2.24) is 15.5 Å². The van der Waals surface area contributed by atoms with Gasteiger partial charge >= 0.3 is 0 Å². The van der Waals surface area contributed by atoms with E-state index in [1.807, 2.05) is 36.4 Å². The summed E-state index contributed by atoms with van der Waals surface area (Å²) in [5.41, 5.74) is 3.11. The number of morpholine rings is 1. The molecule has 2 aromatic carbocycles. The molecule has 0 saturated carbocycles. The number of rotatable bonds is 9. The Balaban J connectivity index is 1.44. The molecule has 1 aliphatic heterocycles. The lowest BCUT2D eigenvalue weighted by atomic mass is 10.1. The SMILES string of the molecule is COc1ccc(/C=C/C(=O)NC(C)C(=O)NCc2cccc(CN3CCOC(C)C3)c2)cc1. The number of carbonyl (C=O) groups is 2. The average Bonchev–Trinajstić information content (AvgIpc) is 2.81. The number of benzene rings is 2. The highest BCUT2D eigenvalue weighted by Gasteiger charge is 2.17. The number of methoxy groups -OCH3 is 1. The molecule has 1 aliphatic rings. The van der Waals surface area contributed by atoms with Crippen molar-refractivity contribution < 1.29 is 19.1 Å². The Bertz CT molecular complexity index is 958. The van der Waals surface area contributed by atoms with E-state index >= 15 is 0 Å². The summed E-state index contributed by atoms with van der Waals surface area (Å²) in [5.74, 6) is 0.201. The van der Waals surface area contributed by atoms with Gasteiger partial charge in [-0.25, -0.2) is 0 Å². The first-order valence-corrected chi connectivity index (χ1v) is 11.2. The minimum Gasteiger partial charge on any atom is -0.497 e. The van der Waals surface area contributed by atoms with Gasteiger partial charge in [-0.3, -0.25) is 14.5 Å². The summed E-state index contributed by atoms with van der Waals surface area (Å²) in [6.07, 6.45) is 3.37. The number of carbonyl (C=O) groups excluding carboxylic acids is 2. The Morgan fingerprint density at radius 1 is 1.21 bits per heavy atom. The minimum absolute atomic E-state index is 0.228. The van der Waals surface area contributed by atoms with Crippen LogP contribution in [0, 0.1) is 0 Å². The molecule has 2 N–H and O–H groups in total. The second-order valence-electron chi connectivity index (χ2n) is 8.29. The monoisotopic (exact) mass is 451 g/mol. The summed E-state index contributed by atoms with van der Waals surface area (Å²) >= 11 is 0. The number of hydrogen-bond donors (Lipinski definition) is 2. The van der Waals surface area contributed by atoms with Crippen LogP contribution in [0.2, 0.25) is 0 Å². The standard InChI is InChI=1S/C26H33N3O4/c1-19-17-29(13-14-33-19)18-23-6-4-5-22(15-23)16-27-26(31)20(2)28-25(30)12-9-21-7-10-24(32-3)11-8-21/h4-12,15,19-20H,13-14,16-18H2,1-3H3,(H,27,31)(H,28,30)/b12-9+. The van der Waals surface area contributed by atoms with Crippen molar-refractivity contribution in [3.63, 3.8) is 0 Å². The van der Waals surface area contributed by atoms with Crippen LogP contribution in [0.3, 0.4) is 0 Å². The fourth-order valence-corrected chi connectivity index (χ4v) is 3.69. The van der Waals surface area contributed by atoms with Crippen LogP contribution in [0.25, 0.3) is 6.08 Å². The predicted molar refractivity (Wildman–Crippen MR) is 129 cm³/mol. The van der Waals surface area contributed by atoms with Crippen LogP contribution in [-0.2, 0) is 27.4 Å². The van der Waals surface area contributed by atoms with Crippen LogP contribution in [0.4, 0.5) is 0 Å². The van der Waals surface area contributed by atoms with Gasteiger partial charge in [-0.2, -0.15) is 0 Å².